The van der Waals surface area contributed by atoms with E-state index in [1.165, 1.54) is 11.3 Å². The lowest BCUT2D eigenvalue weighted by Crippen LogP contribution is -2.43. The summed E-state index contributed by atoms with van der Waals surface area (Å²) in [4.78, 5) is 24.8. The molecule has 0 bridgehead atoms. The lowest BCUT2D eigenvalue weighted by atomic mass is 9.88. The Bertz CT molecular complexity index is 358. The minimum Gasteiger partial charge on any atom is -0.481 e. The van der Waals surface area contributed by atoms with Crippen LogP contribution in [-0.4, -0.2) is 47.7 Å². The Hall–Kier alpha value is -1.10. The van der Waals surface area contributed by atoms with Crippen LogP contribution in [0.4, 0.5) is 0 Å². The number of hydrogen-bond acceptors (Lipinski definition) is 3. The van der Waals surface area contributed by atoms with E-state index in [-0.39, 0.29) is 18.6 Å². The maximum Gasteiger partial charge on any atom is 0.308 e. The van der Waals surface area contributed by atoms with E-state index < -0.39 is 18.0 Å². The normalized spacial score (nSPS) is 25.1. The molecular formula is C16H29NO4. The van der Waals surface area contributed by atoms with Gasteiger partial charge in [0.15, 0.2) is 0 Å². The zero-order chi connectivity index (χ0) is 16.0. The molecule has 0 saturated heterocycles. The molecular weight excluding hydrogens is 270 g/mol. The largest absolute Gasteiger partial charge is 0.481 e. The van der Waals surface area contributed by atoms with Crippen LogP contribution in [0.2, 0.25) is 0 Å². The number of carboxylic acids is 1. The van der Waals surface area contributed by atoms with E-state index in [1.807, 2.05) is 6.92 Å². The lowest BCUT2D eigenvalue weighted by molar-refractivity contribution is -0.151. The van der Waals surface area contributed by atoms with Crippen LogP contribution in [0.15, 0.2) is 0 Å². The molecule has 1 saturated carbocycles. The molecule has 1 aliphatic rings. The van der Waals surface area contributed by atoms with Gasteiger partial charge in [0, 0.05) is 13.6 Å². The first-order valence-corrected chi connectivity index (χ1v) is 7.98. The Labute approximate surface area is 127 Å². The zero-order valence-corrected chi connectivity index (χ0v) is 13.7. The SMILES string of the molecule is CCC(OC1CCCC(C)C1)C(=O)N(C)CC(C)C(=O)O. The van der Waals surface area contributed by atoms with Gasteiger partial charge in [-0.25, -0.2) is 0 Å². The first-order chi connectivity index (χ1) is 9.85. The second kappa shape index (κ2) is 8.37. The molecule has 0 aromatic rings. The van der Waals surface area contributed by atoms with E-state index in [0.717, 1.165) is 19.3 Å². The van der Waals surface area contributed by atoms with Gasteiger partial charge in [-0.3, -0.25) is 9.59 Å². The summed E-state index contributed by atoms with van der Waals surface area (Å²) in [5.74, 6) is -0.902. The molecule has 0 radical (unpaired) electrons. The quantitative estimate of drug-likeness (QED) is 0.784. The van der Waals surface area contributed by atoms with Crippen molar-refractivity contribution in [3.8, 4) is 0 Å². The highest BCUT2D eigenvalue weighted by Gasteiger charge is 2.28. The standard InChI is InChI=1S/C16H29NO4/c1-5-14(21-13-8-6-7-11(2)9-13)15(18)17(4)10-12(3)16(19)20/h11-14H,5-10H2,1-4H3,(H,19,20). The van der Waals surface area contributed by atoms with Gasteiger partial charge in [0.1, 0.15) is 6.10 Å². The molecule has 0 aromatic carbocycles. The van der Waals surface area contributed by atoms with Crippen LogP contribution >= 0.6 is 0 Å². The summed E-state index contributed by atoms with van der Waals surface area (Å²) in [6.07, 6.45) is 4.75. The van der Waals surface area contributed by atoms with E-state index in [1.54, 1.807) is 14.0 Å². The summed E-state index contributed by atoms with van der Waals surface area (Å²) in [7, 11) is 1.65. The fourth-order valence-electron chi connectivity index (χ4n) is 2.89. The molecule has 1 aliphatic carbocycles. The third kappa shape index (κ3) is 5.65. The first-order valence-electron chi connectivity index (χ1n) is 7.98. The minimum atomic E-state index is -0.885. The number of likely N-dealkylation sites (N-methyl/N-ethyl adjacent to an activating group) is 1. The number of ether oxygens (including phenoxy) is 1. The fourth-order valence-corrected chi connectivity index (χ4v) is 2.89. The highest BCUT2D eigenvalue weighted by Crippen LogP contribution is 2.27. The molecule has 5 nitrogen and oxygen atoms in total. The molecule has 0 aromatic heterocycles. The average molecular weight is 299 g/mol. The molecule has 1 amide bonds. The lowest BCUT2D eigenvalue weighted by Gasteiger charge is -2.31. The van der Waals surface area contributed by atoms with Gasteiger partial charge in [-0.2, -0.15) is 0 Å². The zero-order valence-electron chi connectivity index (χ0n) is 13.7. The van der Waals surface area contributed by atoms with Crippen molar-refractivity contribution in [2.45, 2.75) is 65.1 Å². The van der Waals surface area contributed by atoms with Gasteiger partial charge in [-0.1, -0.05) is 33.6 Å². The predicted octanol–water partition coefficient (Wildman–Crippen LogP) is 2.54. The number of carboxylic acid groups (broad SMARTS) is 1. The number of aliphatic carboxylic acids is 1. The molecule has 0 heterocycles. The van der Waals surface area contributed by atoms with Crippen LogP contribution < -0.4 is 0 Å². The summed E-state index contributed by atoms with van der Waals surface area (Å²) in [5.41, 5.74) is 0. The van der Waals surface area contributed by atoms with E-state index >= 15 is 0 Å². The van der Waals surface area contributed by atoms with E-state index in [2.05, 4.69) is 6.92 Å². The van der Waals surface area contributed by atoms with Crippen LogP contribution in [0, 0.1) is 11.8 Å². The first kappa shape index (κ1) is 18.0. The van der Waals surface area contributed by atoms with Gasteiger partial charge < -0.3 is 14.7 Å². The number of carbonyl (C=O) groups excluding carboxylic acids is 1. The van der Waals surface area contributed by atoms with Crippen molar-refractivity contribution in [3.05, 3.63) is 0 Å². The Balaban J connectivity index is 2.53. The van der Waals surface area contributed by atoms with E-state index in [0.29, 0.717) is 12.3 Å². The second-order valence-electron chi connectivity index (χ2n) is 6.38. The maximum absolute atomic E-state index is 12.4. The molecule has 0 aliphatic heterocycles. The average Bonchev–Trinajstić information content (AvgIpc) is 2.43. The monoisotopic (exact) mass is 299 g/mol. The third-order valence-electron chi connectivity index (χ3n) is 4.24. The van der Waals surface area contributed by atoms with Gasteiger partial charge >= 0.3 is 5.97 Å². The molecule has 1 fully saturated rings. The van der Waals surface area contributed by atoms with Gasteiger partial charge in [-0.05, 0) is 25.2 Å². The molecule has 4 atom stereocenters. The molecule has 0 spiro atoms. The maximum atomic E-state index is 12.4. The number of amides is 1. The van der Waals surface area contributed by atoms with Crippen molar-refractivity contribution < 1.29 is 19.4 Å². The number of rotatable bonds is 7. The van der Waals surface area contributed by atoms with Crippen LogP contribution in [0.3, 0.4) is 0 Å². The number of carbonyl (C=O) groups is 2. The van der Waals surface area contributed by atoms with Crippen molar-refractivity contribution in [3.63, 3.8) is 0 Å². The molecule has 122 valence electrons. The van der Waals surface area contributed by atoms with Crippen molar-refractivity contribution in [2.24, 2.45) is 11.8 Å². The van der Waals surface area contributed by atoms with Gasteiger partial charge in [0.25, 0.3) is 5.91 Å². The van der Waals surface area contributed by atoms with Crippen molar-refractivity contribution in [1.82, 2.24) is 4.90 Å². The van der Waals surface area contributed by atoms with Crippen molar-refractivity contribution >= 4 is 11.9 Å². The Kier molecular flexibility index (Phi) is 7.15. The Morgan fingerprint density at radius 2 is 2.05 bits per heavy atom. The van der Waals surface area contributed by atoms with Gasteiger partial charge in [-0.15, -0.1) is 0 Å². The summed E-state index contributed by atoms with van der Waals surface area (Å²) in [6, 6.07) is 0. The highest BCUT2D eigenvalue weighted by atomic mass is 16.5. The summed E-state index contributed by atoms with van der Waals surface area (Å²) in [6.45, 7) is 5.98. The van der Waals surface area contributed by atoms with Crippen LogP contribution in [0.1, 0.15) is 52.9 Å². The number of nitrogens with zero attached hydrogens (tertiary/aromatic N) is 1. The van der Waals surface area contributed by atoms with Gasteiger partial charge in [0.2, 0.25) is 0 Å². The highest BCUT2D eigenvalue weighted by molar-refractivity contribution is 5.81. The molecule has 1 N–H and O–H groups in total. The Morgan fingerprint density at radius 1 is 1.38 bits per heavy atom. The van der Waals surface area contributed by atoms with Crippen molar-refractivity contribution in [1.29, 1.82) is 0 Å². The predicted molar refractivity (Wildman–Crippen MR) is 81.0 cm³/mol. The smallest absolute Gasteiger partial charge is 0.308 e. The molecule has 1 rings (SSSR count). The summed E-state index contributed by atoms with van der Waals surface area (Å²) in [5, 5.41) is 8.93. The molecule has 21 heavy (non-hydrogen) atoms. The van der Waals surface area contributed by atoms with E-state index in [4.69, 9.17) is 9.84 Å². The summed E-state index contributed by atoms with van der Waals surface area (Å²) < 4.78 is 6.00. The van der Waals surface area contributed by atoms with Crippen LogP contribution in [-0.2, 0) is 14.3 Å². The molecule has 4 unspecified atom stereocenters. The van der Waals surface area contributed by atoms with Crippen LogP contribution in [0.25, 0.3) is 0 Å². The van der Waals surface area contributed by atoms with Gasteiger partial charge in [0.05, 0.1) is 12.0 Å². The van der Waals surface area contributed by atoms with Crippen LogP contribution in [0.5, 0.6) is 0 Å². The summed E-state index contributed by atoms with van der Waals surface area (Å²) >= 11 is 0. The minimum absolute atomic E-state index is 0.108. The number of hydrogen-bond donors (Lipinski definition) is 1. The third-order valence-corrected chi connectivity index (χ3v) is 4.24. The van der Waals surface area contributed by atoms with E-state index in [9.17, 15) is 9.59 Å². The molecule has 5 heteroatoms. The fraction of sp³-hybridized carbons (Fsp3) is 0.875. The Morgan fingerprint density at radius 3 is 2.57 bits per heavy atom. The van der Waals surface area contributed by atoms with Crippen molar-refractivity contribution in [2.75, 3.05) is 13.6 Å². The topological polar surface area (TPSA) is 66.8 Å². The second-order valence-corrected chi connectivity index (χ2v) is 6.38.